The molecule has 0 aliphatic carbocycles. The normalized spacial score (nSPS) is 10.9. The van der Waals surface area contributed by atoms with Crippen molar-refractivity contribution in [2.45, 2.75) is 38.3 Å². The van der Waals surface area contributed by atoms with Crippen LogP contribution in [0.5, 0.6) is 0 Å². The fourth-order valence-electron chi connectivity index (χ4n) is 1.21. The molecule has 0 amide bonds. The van der Waals surface area contributed by atoms with Crippen molar-refractivity contribution in [1.82, 2.24) is 9.78 Å². The van der Waals surface area contributed by atoms with E-state index in [0.29, 0.717) is 11.8 Å². The van der Waals surface area contributed by atoms with Crippen LogP contribution in [0, 0.1) is 0 Å². The number of aromatic nitrogens is 2. The maximum Gasteiger partial charge on any atom is 0.354 e. The molecule has 0 saturated carbocycles. The van der Waals surface area contributed by atoms with Crippen LogP contribution in [0.2, 0.25) is 0 Å². The molecule has 1 aromatic heterocycles. The van der Waals surface area contributed by atoms with E-state index in [1.807, 2.05) is 6.92 Å². The van der Waals surface area contributed by atoms with Crippen LogP contribution in [0.3, 0.4) is 0 Å². The van der Waals surface area contributed by atoms with Crippen molar-refractivity contribution in [2.24, 2.45) is 0 Å². The highest BCUT2D eigenvalue weighted by Gasteiger charge is 2.13. The van der Waals surface area contributed by atoms with Gasteiger partial charge in [-0.1, -0.05) is 13.8 Å². The zero-order chi connectivity index (χ0) is 11.4. The number of carboxylic acid groups (broad SMARTS) is 1. The summed E-state index contributed by atoms with van der Waals surface area (Å²) in [6.07, 6.45) is 0. The molecule has 0 radical (unpaired) electrons. The highest BCUT2D eigenvalue weighted by molar-refractivity contribution is 7.99. The first-order valence-corrected chi connectivity index (χ1v) is 6.01. The minimum absolute atomic E-state index is 0.275. The van der Waals surface area contributed by atoms with Crippen molar-refractivity contribution >= 4 is 17.7 Å². The summed E-state index contributed by atoms with van der Waals surface area (Å²) in [5.41, 5.74) is 1.12. The van der Waals surface area contributed by atoms with Crippen LogP contribution in [0.25, 0.3) is 0 Å². The van der Waals surface area contributed by atoms with Gasteiger partial charge in [0.25, 0.3) is 0 Å². The summed E-state index contributed by atoms with van der Waals surface area (Å²) in [5, 5.41) is 13.7. The van der Waals surface area contributed by atoms with Gasteiger partial charge in [0, 0.05) is 12.3 Å². The predicted molar refractivity (Wildman–Crippen MR) is 61.3 cm³/mol. The molecular weight excluding hydrogens is 212 g/mol. The number of carboxylic acids is 1. The molecule has 0 unspecified atom stereocenters. The Morgan fingerprint density at radius 2 is 2.33 bits per heavy atom. The number of thioether (sulfide) groups is 1. The van der Waals surface area contributed by atoms with Gasteiger partial charge in [0.1, 0.15) is 5.69 Å². The second-order valence-corrected chi connectivity index (χ2v) is 5.07. The van der Waals surface area contributed by atoms with E-state index < -0.39 is 5.97 Å². The van der Waals surface area contributed by atoms with Gasteiger partial charge in [-0.25, -0.2) is 4.79 Å². The molecule has 0 aromatic carbocycles. The van der Waals surface area contributed by atoms with Gasteiger partial charge in [-0.15, -0.1) is 0 Å². The number of carbonyl (C=O) groups is 1. The monoisotopic (exact) mass is 228 g/mol. The van der Waals surface area contributed by atoms with E-state index in [0.717, 1.165) is 11.4 Å². The summed E-state index contributed by atoms with van der Waals surface area (Å²) < 4.78 is 1.53. The molecule has 84 valence electrons. The molecule has 0 spiro atoms. The lowest BCUT2D eigenvalue weighted by molar-refractivity contribution is 0.0683. The van der Waals surface area contributed by atoms with Crippen molar-refractivity contribution in [2.75, 3.05) is 0 Å². The van der Waals surface area contributed by atoms with E-state index in [1.165, 1.54) is 4.68 Å². The Morgan fingerprint density at radius 3 is 2.73 bits per heavy atom. The van der Waals surface area contributed by atoms with E-state index in [9.17, 15) is 4.79 Å². The van der Waals surface area contributed by atoms with Crippen LogP contribution in [0.15, 0.2) is 6.07 Å². The quantitative estimate of drug-likeness (QED) is 0.839. The standard InChI is InChI=1S/C10H16N2O2S/c1-4-12-9(10(13)14)5-8(11-12)6-15-7(2)3/h5,7H,4,6H2,1-3H3,(H,13,14). The van der Waals surface area contributed by atoms with Gasteiger partial charge >= 0.3 is 5.97 Å². The van der Waals surface area contributed by atoms with Gasteiger partial charge in [0.15, 0.2) is 0 Å². The number of hydrogen-bond acceptors (Lipinski definition) is 3. The van der Waals surface area contributed by atoms with E-state index in [4.69, 9.17) is 5.11 Å². The third-order valence-corrected chi connectivity index (χ3v) is 3.04. The summed E-state index contributed by atoms with van der Waals surface area (Å²) in [4.78, 5) is 10.9. The van der Waals surface area contributed by atoms with Crippen molar-refractivity contribution < 1.29 is 9.90 Å². The second-order valence-electron chi connectivity index (χ2n) is 3.50. The van der Waals surface area contributed by atoms with Crippen molar-refractivity contribution in [3.05, 3.63) is 17.5 Å². The first-order chi connectivity index (χ1) is 7.04. The molecule has 1 rings (SSSR count). The Hall–Kier alpha value is -0.970. The lowest BCUT2D eigenvalue weighted by Crippen LogP contribution is -2.08. The summed E-state index contributed by atoms with van der Waals surface area (Å²) in [7, 11) is 0. The number of aryl methyl sites for hydroxylation is 1. The Morgan fingerprint density at radius 1 is 1.67 bits per heavy atom. The van der Waals surface area contributed by atoms with Gasteiger partial charge in [-0.05, 0) is 18.2 Å². The third-order valence-electron chi connectivity index (χ3n) is 1.91. The molecule has 0 fully saturated rings. The largest absolute Gasteiger partial charge is 0.477 e. The van der Waals surface area contributed by atoms with Crippen molar-refractivity contribution in [3.63, 3.8) is 0 Å². The van der Waals surface area contributed by atoms with Crippen molar-refractivity contribution in [3.8, 4) is 0 Å². The molecule has 1 N–H and O–H groups in total. The highest BCUT2D eigenvalue weighted by Crippen LogP contribution is 2.17. The van der Waals surface area contributed by atoms with E-state index >= 15 is 0 Å². The Labute approximate surface area is 93.7 Å². The maximum atomic E-state index is 10.9. The number of hydrogen-bond donors (Lipinski definition) is 1. The molecule has 0 aliphatic heterocycles. The second kappa shape index (κ2) is 5.21. The molecule has 0 aliphatic rings. The predicted octanol–water partition coefficient (Wildman–Crippen LogP) is 2.24. The van der Waals surface area contributed by atoms with Crippen LogP contribution in [-0.2, 0) is 12.3 Å². The zero-order valence-corrected chi connectivity index (χ0v) is 10.0. The minimum atomic E-state index is -0.912. The first-order valence-electron chi connectivity index (χ1n) is 4.96. The topological polar surface area (TPSA) is 55.1 Å². The maximum absolute atomic E-state index is 10.9. The molecule has 15 heavy (non-hydrogen) atoms. The molecule has 1 heterocycles. The molecule has 0 bridgehead atoms. The molecular formula is C10H16N2O2S. The minimum Gasteiger partial charge on any atom is -0.477 e. The van der Waals surface area contributed by atoms with Crippen molar-refractivity contribution in [1.29, 1.82) is 0 Å². The summed E-state index contributed by atoms with van der Waals surface area (Å²) in [6.45, 7) is 6.70. The molecule has 0 saturated heterocycles. The Kier molecular flexibility index (Phi) is 4.20. The van der Waals surface area contributed by atoms with E-state index in [1.54, 1.807) is 17.8 Å². The molecule has 1 aromatic rings. The van der Waals surface area contributed by atoms with Gasteiger partial charge in [-0.3, -0.25) is 4.68 Å². The van der Waals surface area contributed by atoms with E-state index in [2.05, 4.69) is 18.9 Å². The summed E-state index contributed by atoms with van der Waals surface area (Å²) in [5.74, 6) is -0.143. The average molecular weight is 228 g/mol. The SMILES string of the molecule is CCn1nc(CSC(C)C)cc1C(=O)O. The lowest BCUT2D eigenvalue weighted by Gasteiger charge is -2.01. The molecule has 4 nitrogen and oxygen atoms in total. The zero-order valence-electron chi connectivity index (χ0n) is 9.23. The fraction of sp³-hybridized carbons (Fsp3) is 0.600. The molecule has 0 atom stereocenters. The fourth-order valence-corrected chi connectivity index (χ4v) is 1.85. The average Bonchev–Trinajstić information content (AvgIpc) is 2.57. The van der Waals surface area contributed by atoms with Gasteiger partial charge in [0.05, 0.1) is 5.69 Å². The van der Waals surface area contributed by atoms with Crippen LogP contribution < -0.4 is 0 Å². The van der Waals surface area contributed by atoms with Gasteiger partial charge < -0.3 is 5.11 Å². The van der Waals surface area contributed by atoms with Crippen LogP contribution in [0.1, 0.15) is 37.0 Å². The van der Waals surface area contributed by atoms with Crippen LogP contribution >= 0.6 is 11.8 Å². The lowest BCUT2D eigenvalue weighted by atomic mass is 10.4. The highest BCUT2D eigenvalue weighted by atomic mass is 32.2. The first kappa shape index (κ1) is 12.1. The number of nitrogens with zero attached hydrogens (tertiary/aromatic N) is 2. The van der Waals surface area contributed by atoms with E-state index in [-0.39, 0.29) is 5.69 Å². The summed E-state index contributed by atoms with van der Waals surface area (Å²) in [6, 6.07) is 1.65. The van der Waals surface area contributed by atoms with Crippen LogP contribution in [-0.4, -0.2) is 26.1 Å². The third kappa shape index (κ3) is 3.27. The van der Waals surface area contributed by atoms with Crippen LogP contribution in [0.4, 0.5) is 0 Å². The summed E-state index contributed by atoms with van der Waals surface area (Å²) >= 11 is 1.76. The molecule has 5 heteroatoms. The van der Waals surface area contributed by atoms with Gasteiger partial charge in [-0.2, -0.15) is 16.9 Å². The Balaban J connectivity index is 2.78. The number of rotatable bonds is 5. The number of aromatic carboxylic acids is 1. The smallest absolute Gasteiger partial charge is 0.354 e. The van der Waals surface area contributed by atoms with Gasteiger partial charge in [0.2, 0.25) is 0 Å². The Bertz CT molecular complexity index is 347.